The molecule has 1 N–H and O–H groups in total. The third-order valence-corrected chi connectivity index (χ3v) is 1.26. The summed E-state index contributed by atoms with van der Waals surface area (Å²) in [6, 6.07) is 0. The number of rotatable bonds is 4. The fourth-order valence-corrected chi connectivity index (χ4v) is 0.537. The zero-order chi connectivity index (χ0) is 7.98. The van der Waals surface area contributed by atoms with Crippen molar-refractivity contribution in [3.05, 3.63) is 11.9 Å². The summed E-state index contributed by atoms with van der Waals surface area (Å²) in [6.07, 6.45) is 2.81. The first kappa shape index (κ1) is 8.88. The summed E-state index contributed by atoms with van der Waals surface area (Å²) in [7, 11) is 1.91. The van der Waals surface area contributed by atoms with Crippen molar-refractivity contribution in [2.24, 2.45) is 4.99 Å². The third-order valence-electron chi connectivity index (χ3n) is 1.26. The van der Waals surface area contributed by atoms with E-state index in [0.717, 1.165) is 12.4 Å². The van der Waals surface area contributed by atoms with Gasteiger partial charge in [-0.15, -0.1) is 0 Å². The Morgan fingerprint density at radius 1 is 1.80 bits per heavy atom. The molecule has 0 saturated heterocycles. The van der Waals surface area contributed by atoms with E-state index in [1.54, 1.807) is 6.08 Å². The van der Waals surface area contributed by atoms with E-state index < -0.39 is 0 Å². The molecule has 0 aliphatic carbocycles. The van der Waals surface area contributed by atoms with Crippen LogP contribution in [0.2, 0.25) is 0 Å². The van der Waals surface area contributed by atoms with Gasteiger partial charge < -0.3 is 10.3 Å². The van der Waals surface area contributed by atoms with Gasteiger partial charge in [0.05, 0.1) is 0 Å². The molecule has 3 nitrogen and oxygen atoms in total. The largest absolute Gasteiger partial charge is 0.360 e. The Morgan fingerprint density at radius 2 is 2.40 bits per heavy atom. The highest BCUT2D eigenvalue weighted by Gasteiger charge is 1.95. The highest BCUT2D eigenvalue weighted by Crippen LogP contribution is 1.98. The van der Waals surface area contributed by atoms with Gasteiger partial charge in [0.2, 0.25) is 0 Å². The molecule has 56 valence electrons. The first-order valence-corrected chi connectivity index (χ1v) is 3.14. The molecule has 0 aromatic rings. The van der Waals surface area contributed by atoms with Gasteiger partial charge in [0.15, 0.2) is 0 Å². The Balaban J connectivity index is 4.18. The van der Waals surface area contributed by atoms with Gasteiger partial charge in [0.1, 0.15) is 5.82 Å². The fraction of sp³-hybridized carbons (Fsp3) is 0.429. The molecule has 0 amide bonds. The van der Waals surface area contributed by atoms with Crippen LogP contribution in [0.4, 0.5) is 0 Å². The average molecular weight is 139 g/mol. The van der Waals surface area contributed by atoms with Gasteiger partial charge in [-0.05, 0) is 19.7 Å². The van der Waals surface area contributed by atoms with Crippen LogP contribution in [0.3, 0.4) is 0 Å². The van der Waals surface area contributed by atoms with Gasteiger partial charge in [-0.1, -0.05) is 0 Å². The molecule has 0 bridgehead atoms. The number of nitrogens with one attached hydrogen (secondary N) is 1. The van der Waals surface area contributed by atoms with Gasteiger partial charge in [0.25, 0.3) is 0 Å². The molecule has 0 rings (SSSR count). The summed E-state index contributed by atoms with van der Waals surface area (Å²) in [6.45, 7) is 6.28. The SMILES string of the molecule is C=N/C(=C\C=N)N(C)CC. The Bertz CT molecular complexity index is 149. The molecule has 0 saturated carbocycles. The van der Waals surface area contributed by atoms with Crippen molar-refractivity contribution in [1.29, 1.82) is 5.41 Å². The average Bonchev–Trinajstić information content (AvgIpc) is 1.99. The van der Waals surface area contributed by atoms with E-state index in [-0.39, 0.29) is 0 Å². The monoisotopic (exact) mass is 139 g/mol. The van der Waals surface area contributed by atoms with E-state index in [9.17, 15) is 0 Å². The van der Waals surface area contributed by atoms with Crippen molar-refractivity contribution in [2.75, 3.05) is 13.6 Å². The molecule has 0 aliphatic heterocycles. The number of hydrogen-bond donors (Lipinski definition) is 1. The zero-order valence-electron chi connectivity index (χ0n) is 6.46. The molecule has 10 heavy (non-hydrogen) atoms. The smallest absolute Gasteiger partial charge is 0.128 e. The lowest BCUT2D eigenvalue weighted by Gasteiger charge is -2.15. The quantitative estimate of drug-likeness (QED) is 0.583. The molecular weight excluding hydrogens is 126 g/mol. The van der Waals surface area contributed by atoms with Crippen molar-refractivity contribution in [3.8, 4) is 0 Å². The van der Waals surface area contributed by atoms with E-state index in [0.29, 0.717) is 0 Å². The number of nitrogens with zero attached hydrogens (tertiary/aromatic N) is 2. The second kappa shape index (κ2) is 4.73. The maximum atomic E-state index is 6.79. The van der Waals surface area contributed by atoms with Crippen molar-refractivity contribution < 1.29 is 0 Å². The number of aliphatic imine (C=N–C) groups is 1. The summed E-state index contributed by atoms with van der Waals surface area (Å²) in [5.41, 5.74) is 0. The summed E-state index contributed by atoms with van der Waals surface area (Å²) >= 11 is 0. The van der Waals surface area contributed by atoms with Crippen molar-refractivity contribution in [2.45, 2.75) is 6.92 Å². The van der Waals surface area contributed by atoms with E-state index in [2.05, 4.69) is 11.7 Å². The summed E-state index contributed by atoms with van der Waals surface area (Å²) in [5.74, 6) is 0.734. The molecule has 0 aromatic carbocycles. The lowest BCUT2D eigenvalue weighted by molar-refractivity contribution is 0.439. The van der Waals surface area contributed by atoms with E-state index in [4.69, 9.17) is 5.41 Å². The normalized spacial score (nSPS) is 10.8. The van der Waals surface area contributed by atoms with Gasteiger partial charge in [-0.25, -0.2) is 4.99 Å². The summed E-state index contributed by atoms with van der Waals surface area (Å²) < 4.78 is 0. The minimum Gasteiger partial charge on any atom is -0.360 e. The molecular formula is C7H13N3. The standard InChI is InChI=1S/C7H13N3/c1-4-10(3)7(9-2)5-6-8/h5-6,8H,2,4H2,1,3H3/b7-5+,8-6?. The highest BCUT2D eigenvalue weighted by molar-refractivity contribution is 5.68. The van der Waals surface area contributed by atoms with Crippen LogP contribution in [0.5, 0.6) is 0 Å². The van der Waals surface area contributed by atoms with E-state index in [1.165, 1.54) is 6.21 Å². The molecule has 0 unspecified atom stereocenters. The van der Waals surface area contributed by atoms with E-state index >= 15 is 0 Å². The maximum Gasteiger partial charge on any atom is 0.128 e. The molecule has 0 fully saturated rings. The fourth-order valence-electron chi connectivity index (χ4n) is 0.537. The molecule has 0 atom stereocenters. The minimum absolute atomic E-state index is 0.734. The van der Waals surface area contributed by atoms with Crippen molar-refractivity contribution in [1.82, 2.24) is 4.90 Å². The van der Waals surface area contributed by atoms with Crippen LogP contribution < -0.4 is 0 Å². The highest BCUT2D eigenvalue weighted by atomic mass is 15.2. The number of hydrogen-bond acceptors (Lipinski definition) is 3. The minimum atomic E-state index is 0.734. The Kier molecular flexibility index (Phi) is 4.20. The van der Waals surface area contributed by atoms with Crippen LogP contribution in [0, 0.1) is 5.41 Å². The third kappa shape index (κ3) is 2.44. The molecule has 0 radical (unpaired) electrons. The molecule has 0 heterocycles. The molecule has 0 aromatic heterocycles. The van der Waals surface area contributed by atoms with Crippen LogP contribution in [0.1, 0.15) is 6.92 Å². The summed E-state index contributed by atoms with van der Waals surface area (Å²) in [5, 5.41) is 6.79. The van der Waals surface area contributed by atoms with Crippen LogP contribution in [0.25, 0.3) is 0 Å². The molecule has 3 heteroatoms. The predicted molar refractivity (Wildman–Crippen MR) is 44.7 cm³/mol. The Morgan fingerprint density at radius 3 is 2.70 bits per heavy atom. The van der Waals surface area contributed by atoms with Gasteiger partial charge in [-0.2, -0.15) is 0 Å². The number of allylic oxidation sites excluding steroid dienone is 1. The van der Waals surface area contributed by atoms with Gasteiger partial charge in [-0.3, -0.25) is 0 Å². The molecule has 0 aliphatic rings. The van der Waals surface area contributed by atoms with Gasteiger partial charge >= 0.3 is 0 Å². The summed E-state index contributed by atoms with van der Waals surface area (Å²) in [4.78, 5) is 5.65. The van der Waals surface area contributed by atoms with Crippen LogP contribution >= 0.6 is 0 Å². The lowest BCUT2D eigenvalue weighted by Crippen LogP contribution is -2.15. The van der Waals surface area contributed by atoms with E-state index in [1.807, 2.05) is 18.9 Å². The lowest BCUT2D eigenvalue weighted by atomic mass is 10.5. The van der Waals surface area contributed by atoms with Crippen molar-refractivity contribution in [3.63, 3.8) is 0 Å². The predicted octanol–water partition coefficient (Wildman–Crippen LogP) is 1.13. The first-order chi connectivity index (χ1) is 4.76. The second-order valence-corrected chi connectivity index (χ2v) is 1.86. The molecule has 0 spiro atoms. The van der Waals surface area contributed by atoms with Crippen LogP contribution in [-0.2, 0) is 0 Å². The van der Waals surface area contributed by atoms with Gasteiger partial charge in [0, 0.05) is 19.8 Å². The second-order valence-electron chi connectivity index (χ2n) is 1.86. The Labute approximate surface area is 61.6 Å². The zero-order valence-corrected chi connectivity index (χ0v) is 6.46. The first-order valence-electron chi connectivity index (χ1n) is 3.14. The van der Waals surface area contributed by atoms with Crippen molar-refractivity contribution >= 4 is 12.9 Å². The van der Waals surface area contributed by atoms with Crippen LogP contribution in [0.15, 0.2) is 16.9 Å². The van der Waals surface area contributed by atoms with Crippen LogP contribution in [-0.4, -0.2) is 31.4 Å². The topological polar surface area (TPSA) is 39.5 Å². The Hall–Kier alpha value is -1.12. The maximum absolute atomic E-state index is 6.79.